The zero-order valence-corrected chi connectivity index (χ0v) is 19.1. The average molecular weight is 449 g/mol. The number of nitrogens with one attached hydrogen (secondary N) is 1. The molecular formula is C23H32N2O5S. The van der Waals surface area contributed by atoms with Crippen molar-refractivity contribution in [3.8, 4) is 11.5 Å². The maximum absolute atomic E-state index is 13.6. The summed E-state index contributed by atoms with van der Waals surface area (Å²) in [6, 6.07) is 4.06. The summed E-state index contributed by atoms with van der Waals surface area (Å²) in [5.74, 6) is 2.72. The molecule has 170 valence electrons. The van der Waals surface area contributed by atoms with Gasteiger partial charge in [0.05, 0.1) is 14.2 Å². The summed E-state index contributed by atoms with van der Waals surface area (Å²) in [6.45, 7) is 0.335. The molecule has 1 aliphatic heterocycles. The van der Waals surface area contributed by atoms with E-state index in [-0.39, 0.29) is 22.1 Å². The van der Waals surface area contributed by atoms with E-state index in [9.17, 15) is 13.2 Å². The Hall–Kier alpha value is -1.80. The van der Waals surface area contributed by atoms with Gasteiger partial charge in [0.15, 0.2) is 0 Å². The predicted octanol–water partition coefficient (Wildman–Crippen LogP) is 2.94. The Balaban J connectivity index is 1.39. The van der Waals surface area contributed by atoms with Crippen LogP contribution in [0, 0.1) is 17.8 Å². The van der Waals surface area contributed by atoms with E-state index in [0.717, 1.165) is 37.0 Å². The van der Waals surface area contributed by atoms with Gasteiger partial charge in [-0.25, -0.2) is 8.42 Å². The second kappa shape index (κ2) is 7.66. The number of amides is 1. The third-order valence-corrected chi connectivity index (χ3v) is 9.82. The molecule has 0 spiro atoms. The highest BCUT2D eigenvalue weighted by molar-refractivity contribution is 7.89. The fraction of sp³-hybridized carbons (Fsp3) is 0.696. The normalized spacial score (nSPS) is 34.6. The number of carbonyl (C=O) groups excluding carboxylic acids is 1. The van der Waals surface area contributed by atoms with Gasteiger partial charge < -0.3 is 14.8 Å². The van der Waals surface area contributed by atoms with E-state index in [1.807, 2.05) is 0 Å². The lowest BCUT2D eigenvalue weighted by Crippen LogP contribution is -2.62. The van der Waals surface area contributed by atoms with Crippen LogP contribution in [0.3, 0.4) is 0 Å². The van der Waals surface area contributed by atoms with Gasteiger partial charge in [-0.3, -0.25) is 4.79 Å². The van der Waals surface area contributed by atoms with Crippen LogP contribution in [0.2, 0.25) is 0 Å². The third kappa shape index (κ3) is 3.61. The number of sulfonamides is 1. The Labute approximate surface area is 184 Å². The second-order valence-corrected chi connectivity index (χ2v) is 11.8. The monoisotopic (exact) mass is 448 g/mol. The zero-order valence-electron chi connectivity index (χ0n) is 18.3. The van der Waals surface area contributed by atoms with Crippen molar-refractivity contribution >= 4 is 15.9 Å². The SMILES string of the molecule is COc1ccc(OC)c(S(=O)(=O)N2CCCC2C(=O)NC23CC4CC(CC(C4)C2)C3)c1. The average Bonchev–Trinajstić information content (AvgIpc) is 3.23. The van der Waals surface area contributed by atoms with E-state index in [0.29, 0.717) is 25.1 Å². The molecule has 4 saturated carbocycles. The quantitative estimate of drug-likeness (QED) is 0.723. The highest BCUT2D eigenvalue weighted by Gasteiger charge is 2.52. The molecule has 1 N–H and O–H groups in total. The molecule has 31 heavy (non-hydrogen) atoms. The van der Waals surface area contributed by atoms with Gasteiger partial charge in [0.1, 0.15) is 22.4 Å². The number of hydrogen-bond donors (Lipinski definition) is 1. The first-order valence-corrected chi connectivity index (χ1v) is 12.8. The largest absolute Gasteiger partial charge is 0.497 e. The van der Waals surface area contributed by atoms with Crippen molar-refractivity contribution in [1.82, 2.24) is 9.62 Å². The molecule has 4 aliphatic carbocycles. The molecule has 1 aromatic carbocycles. The van der Waals surface area contributed by atoms with Crippen molar-refractivity contribution in [3.05, 3.63) is 18.2 Å². The highest BCUT2D eigenvalue weighted by atomic mass is 32.2. The molecule has 1 saturated heterocycles. The molecule has 6 rings (SSSR count). The van der Waals surface area contributed by atoms with E-state index in [4.69, 9.17) is 9.47 Å². The summed E-state index contributed by atoms with van der Waals surface area (Å²) >= 11 is 0. The van der Waals surface area contributed by atoms with Gasteiger partial charge in [0.2, 0.25) is 15.9 Å². The highest BCUT2D eigenvalue weighted by Crippen LogP contribution is 2.55. The molecule has 0 aromatic heterocycles. The van der Waals surface area contributed by atoms with Crippen molar-refractivity contribution in [2.45, 2.75) is 67.8 Å². The fourth-order valence-electron chi connectivity index (χ4n) is 7.01. The Morgan fingerprint density at radius 3 is 2.29 bits per heavy atom. The number of hydrogen-bond acceptors (Lipinski definition) is 5. The molecule has 1 heterocycles. The number of carbonyl (C=O) groups is 1. The molecule has 1 amide bonds. The van der Waals surface area contributed by atoms with Gasteiger partial charge in [-0.05, 0) is 81.3 Å². The van der Waals surface area contributed by atoms with Gasteiger partial charge in [-0.15, -0.1) is 0 Å². The second-order valence-electron chi connectivity index (χ2n) is 9.98. The minimum atomic E-state index is -3.91. The molecule has 7 nitrogen and oxygen atoms in total. The standard InChI is InChI=1S/C23H32N2O5S/c1-29-18-5-6-20(30-2)21(11-18)31(27,28)25-7-3-4-19(25)22(26)24-23-12-15-8-16(13-23)10-17(9-15)14-23/h5-6,11,15-17,19H,3-4,7-10,12-14H2,1-2H3,(H,24,26). The first kappa shape index (κ1) is 21.1. The molecule has 5 fully saturated rings. The number of methoxy groups -OCH3 is 2. The fourth-order valence-corrected chi connectivity index (χ4v) is 8.84. The molecule has 1 aromatic rings. The molecule has 1 unspecified atom stereocenters. The molecule has 8 heteroatoms. The van der Waals surface area contributed by atoms with Gasteiger partial charge in [-0.1, -0.05) is 0 Å². The number of benzene rings is 1. The summed E-state index contributed by atoms with van der Waals surface area (Å²) in [7, 11) is -0.965. The zero-order chi connectivity index (χ0) is 21.8. The summed E-state index contributed by atoms with van der Waals surface area (Å²) in [4.78, 5) is 13.5. The van der Waals surface area contributed by atoms with Crippen LogP contribution in [-0.4, -0.2) is 51.0 Å². The maximum atomic E-state index is 13.6. The Morgan fingerprint density at radius 1 is 1.06 bits per heavy atom. The van der Waals surface area contributed by atoms with Crippen LogP contribution in [-0.2, 0) is 14.8 Å². The van der Waals surface area contributed by atoms with Crippen LogP contribution in [0.4, 0.5) is 0 Å². The van der Waals surface area contributed by atoms with Crippen molar-refractivity contribution in [1.29, 1.82) is 0 Å². The van der Waals surface area contributed by atoms with Crippen LogP contribution in [0.15, 0.2) is 23.1 Å². The van der Waals surface area contributed by atoms with Crippen molar-refractivity contribution in [2.24, 2.45) is 17.8 Å². The predicted molar refractivity (Wildman–Crippen MR) is 116 cm³/mol. The van der Waals surface area contributed by atoms with Crippen LogP contribution < -0.4 is 14.8 Å². The Morgan fingerprint density at radius 2 is 1.71 bits per heavy atom. The minimum absolute atomic E-state index is 0.0452. The smallest absolute Gasteiger partial charge is 0.247 e. The molecular weight excluding hydrogens is 416 g/mol. The van der Waals surface area contributed by atoms with Crippen LogP contribution in [0.5, 0.6) is 11.5 Å². The van der Waals surface area contributed by atoms with E-state index >= 15 is 0 Å². The van der Waals surface area contributed by atoms with Crippen LogP contribution in [0.25, 0.3) is 0 Å². The van der Waals surface area contributed by atoms with E-state index in [1.165, 1.54) is 43.9 Å². The Kier molecular flexibility index (Phi) is 5.20. The summed E-state index contributed by atoms with van der Waals surface area (Å²) in [5.41, 5.74) is -0.127. The van der Waals surface area contributed by atoms with Gasteiger partial charge in [0.25, 0.3) is 0 Å². The van der Waals surface area contributed by atoms with Crippen LogP contribution >= 0.6 is 0 Å². The maximum Gasteiger partial charge on any atom is 0.247 e. The van der Waals surface area contributed by atoms with Crippen molar-refractivity contribution in [2.75, 3.05) is 20.8 Å². The van der Waals surface area contributed by atoms with Crippen molar-refractivity contribution in [3.63, 3.8) is 0 Å². The Bertz CT molecular complexity index is 941. The number of rotatable bonds is 6. The van der Waals surface area contributed by atoms with E-state index < -0.39 is 16.1 Å². The summed E-state index contributed by atoms with van der Waals surface area (Å²) in [6.07, 6.45) is 8.27. The first-order chi connectivity index (χ1) is 14.8. The van der Waals surface area contributed by atoms with Gasteiger partial charge in [-0.2, -0.15) is 4.31 Å². The molecule has 0 radical (unpaired) electrons. The van der Waals surface area contributed by atoms with E-state index in [1.54, 1.807) is 12.1 Å². The molecule has 4 bridgehead atoms. The third-order valence-electron chi connectivity index (χ3n) is 7.89. The minimum Gasteiger partial charge on any atom is -0.497 e. The molecule has 1 atom stereocenters. The lowest BCUT2D eigenvalue weighted by molar-refractivity contribution is -0.130. The van der Waals surface area contributed by atoms with Gasteiger partial charge >= 0.3 is 0 Å². The van der Waals surface area contributed by atoms with Crippen molar-refractivity contribution < 1.29 is 22.7 Å². The summed E-state index contributed by atoms with van der Waals surface area (Å²) < 4.78 is 39.0. The van der Waals surface area contributed by atoms with Gasteiger partial charge in [0, 0.05) is 18.2 Å². The van der Waals surface area contributed by atoms with Crippen LogP contribution in [0.1, 0.15) is 51.4 Å². The first-order valence-electron chi connectivity index (χ1n) is 11.4. The van der Waals surface area contributed by atoms with E-state index in [2.05, 4.69) is 5.32 Å². The lowest BCUT2D eigenvalue weighted by Gasteiger charge is -2.57. The number of ether oxygens (including phenoxy) is 2. The molecule has 5 aliphatic rings. The number of nitrogens with zero attached hydrogens (tertiary/aromatic N) is 1. The topological polar surface area (TPSA) is 84.9 Å². The lowest BCUT2D eigenvalue weighted by atomic mass is 9.53. The summed E-state index contributed by atoms with van der Waals surface area (Å²) in [5, 5.41) is 3.37.